The number of aliphatic hydroxyl groups excluding tert-OH is 1. The Morgan fingerprint density at radius 3 is 2.33 bits per heavy atom. The van der Waals surface area contributed by atoms with Crippen LogP contribution in [0.4, 0.5) is 5.69 Å². The number of hydrogen-bond acceptors (Lipinski definition) is 5. The highest BCUT2D eigenvalue weighted by Gasteiger charge is 2.19. The monoisotopic (exact) mass is 327 g/mol. The number of sulfonamides is 1. The number of benzene rings is 1. The van der Waals surface area contributed by atoms with Crippen molar-refractivity contribution in [3.05, 3.63) is 46.8 Å². The maximum atomic E-state index is 12.1. The molecule has 1 heterocycles. The average molecular weight is 327 g/mol. The second-order valence-electron chi connectivity index (χ2n) is 4.20. The first-order valence-electron chi connectivity index (χ1n) is 5.98. The van der Waals surface area contributed by atoms with Crippen LogP contribution in [0, 0.1) is 0 Å². The molecule has 3 N–H and O–H groups in total. The molecule has 0 radical (unpaired) electrons. The molecule has 1 aromatic heterocycles. The molecule has 8 heteroatoms. The number of anilines is 1. The molecule has 0 spiro atoms. The fraction of sp³-hybridized carbons (Fsp3) is 0.154. The first-order valence-corrected chi connectivity index (χ1v) is 8.28. The highest BCUT2D eigenvalue weighted by molar-refractivity contribution is 7.94. The van der Waals surface area contributed by atoms with Crippen LogP contribution >= 0.6 is 11.3 Å². The Balaban J connectivity index is 2.18. The summed E-state index contributed by atoms with van der Waals surface area (Å²) >= 11 is 0.695. The first-order chi connectivity index (χ1) is 9.92. The largest absolute Gasteiger partial charge is 0.477 e. The Bertz CT molecular complexity index is 734. The molecule has 0 fully saturated rings. The third-order valence-electron chi connectivity index (χ3n) is 2.66. The summed E-state index contributed by atoms with van der Waals surface area (Å²) < 4.78 is 26.6. The minimum absolute atomic E-state index is 0.0260. The van der Waals surface area contributed by atoms with Crippen molar-refractivity contribution in [1.82, 2.24) is 0 Å². The summed E-state index contributed by atoms with van der Waals surface area (Å²) in [6.45, 7) is 0.0260. The van der Waals surface area contributed by atoms with Gasteiger partial charge < -0.3 is 10.2 Å². The van der Waals surface area contributed by atoms with Crippen LogP contribution in [0.3, 0.4) is 0 Å². The van der Waals surface area contributed by atoms with Crippen molar-refractivity contribution >= 4 is 33.0 Å². The van der Waals surface area contributed by atoms with E-state index in [1.165, 1.54) is 12.1 Å². The summed E-state index contributed by atoms with van der Waals surface area (Å²) in [5.74, 6) is -1.16. The van der Waals surface area contributed by atoms with Crippen molar-refractivity contribution < 1.29 is 23.4 Å². The Hall–Kier alpha value is -1.90. The van der Waals surface area contributed by atoms with Gasteiger partial charge in [0.05, 0.1) is 0 Å². The Labute approximate surface area is 125 Å². The van der Waals surface area contributed by atoms with E-state index in [4.69, 9.17) is 10.2 Å². The normalized spacial score (nSPS) is 11.3. The van der Waals surface area contributed by atoms with Crippen molar-refractivity contribution in [3.63, 3.8) is 0 Å². The highest BCUT2D eigenvalue weighted by atomic mass is 32.2. The lowest BCUT2D eigenvalue weighted by Crippen LogP contribution is -2.11. The summed E-state index contributed by atoms with van der Waals surface area (Å²) in [4.78, 5) is 10.7. The molecular formula is C13H13NO5S2. The molecule has 0 unspecified atom stereocenters. The van der Waals surface area contributed by atoms with Crippen LogP contribution in [0.15, 0.2) is 40.6 Å². The molecule has 21 heavy (non-hydrogen) atoms. The van der Waals surface area contributed by atoms with E-state index < -0.39 is 16.0 Å². The van der Waals surface area contributed by atoms with E-state index in [0.717, 1.165) is 5.56 Å². The minimum Gasteiger partial charge on any atom is -0.477 e. The van der Waals surface area contributed by atoms with Gasteiger partial charge in [0.2, 0.25) is 0 Å². The minimum atomic E-state index is -3.80. The fourth-order valence-corrected chi connectivity index (χ4v) is 3.86. The van der Waals surface area contributed by atoms with Gasteiger partial charge in [-0.15, -0.1) is 11.3 Å². The second kappa shape index (κ2) is 6.25. The predicted molar refractivity (Wildman–Crippen MR) is 79.3 cm³/mol. The number of aliphatic hydroxyl groups is 1. The van der Waals surface area contributed by atoms with E-state index in [1.54, 1.807) is 24.3 Å². The zero-order chi connectivity index (χ0) is 15.5. The summed E-state index contributed by atoms with van der Waals surface area (Å²) in [6, 6.07) is 9.13. The van der Waals surface area contributed by atoms with Crippen molar-refractivity contribution in [1.29, 1.82) is 0 Å². The average Bonchev–Trinajstić information content (AvgIpc) is 2.92. The summed E-state index contributed by atoms with van der Waals surface area (Å²) in [5, 5.41) is 17.6. The molecule has 112 valence electrons. The van der Waals surface area contributed by atoms with Crippen LogP contribution in [-0.4, -0.2) is 31.2 Å². The Kier molecular flexibility index (Phi) is 4.61. The Morgan fingerprint density at radius 1 is 1.14 bits per heavy atom. The third-order valence-corrected chi connectivity index (χ3v) is 5.61. The summed E-state index contributed by atoms with van der Waals surface area (Å²) in [7, 11) is -3.80. The van der Waals surface area contributed by atoms with E-state index in [-0.39, 0.29) is 15.7 Å². The topological polar surface area (TPSA) is 104 Å². The lowest BCUT2D eigenvalue weighted by atomic mass is 10.1. The van der Waals surface area contributed by atoms with Crippen LogP contribution in [0.1, 0.15) is 15.2 Å². The molecule has 2 rings (SSSR count). The van der Waals surface area contributed by atoms with Crippen LogP contribution in [0.2, 0.25) is 0 Å². The summed E-state index contributed by atoms with van der Waals surface area (Å²) in [6.07, 6.45) is 0.500. The number of carboxylic acids is 1. The van der Waals surface area contributed by atoms with Crippen LogP contribution in [0.25, 0.3) is 0 Å². The first kappa shape index (κ1) is 15.5. The molecule has 0 bridgehead atoms. The number of carboxylic acid groups (broad SMARTS) is 1. The smallest absolute Gasteiger partial charge is 0.345 e. The van der Waals surface area contributed by atoms with Gasteiger partial charge in [-0.2, -0.15) is 0 Å². The molecule has 1 aromatic carbocycles. The van der Waals surface area contributed by atoms with Crippen molar-refractivity contribution in [2.45, 2.75) is 10.6 Å². The number of aromatic carboxylic acids is 1. The molecule has 0 amide bonds. The lowest BCUT2D eigenvalue weighted by Gasteiger charge is -2.07. The van der Waals surface area contributed by atoms with Gasteiger partial charge >= 0.3 is 5.97 Å². The van der Waals surface area contributed by atoms with Gasteiger partial charge in [0.15, 0.2) is 0 Å². The van der Waals surface area contributed by atoms with Crippen LogP contribution < -0.4 is 4.72 Å². The number of thiophene rings is 1. The van der Waals surface area contributed by atoms with Gasteiger partial charge in [0.25, 0.3) is 10.0 Å². The van der Waals surface area contributed by atoms with E-state index in [0.29, 0.717) is 23.4 Å². The molecule has 0 aliphatic carbocycles. The number of nitrogens with one attached hydrogen (secondary N) is 1. The number of carbonyl (C=O) groups is 1. The molecule has 6 nitrogen and oxygen atoms in total. The van der Waals surface area contributed by atoms with Gasteiger partial charge in [-0.25, -0.2) is 13.2 Å². The van der Waals surface area contributed by atoms with Gasteiger partial charge in [0.1, 0.15) is 9.09 Å². The molecule has 0 saturated heterocycles. The van der Waals surface area contributed by atoms with E-state index >= 15 is 0 Å². The highest BCUT2D eigenvalue weighted by Crippen LogP contribution is 2.24. The maximum Gasteiger partial charge on any atom is 0.345 e. The molecular weight excluding hydrogens is 314 g/mol. The van der Waals surface area contributed by atoms with Gasteiger partial charge in [-0.05, 0) is 36.2 Å². The number of hydrogen-bond donors (Lipinski definition) is 3. The molecule has 0 atom stereocenters. The molecule has 0 aliphatic rings. The SMILES string of the molecule is O=C(O)c1ccc(S(=O)(=O)Nc2ccc(CCO)cc2)s1. The van der Waals surface area contributed by atoms with Crippen LogP contribution in [-0.2, 0) is 16.4 Å². The van der Waals surface area contributed by atoms with Crippen LogP contribution in [0.5, 0.6) is 0 Å². The van der Waals surface area contributed by atoms with Crippen molar-refractivity contribution in [3.8, 4) is 0 Å². The van der Waals surface area contributed by atoms with Crippen molar-refractivity contribution in [2.24, 2.45) is 0 Å². The van der Waals surface area contributed by atoms with Gasteiger partial charge in [-0.3, -0.25) is 4.72 Å². The molecule has 0 aliphatic heterocycles. The summed E-state index contributed by atoms with van der Waals surface area (Å²) in [5.41, 5.74) is 1.27. The lowest BCUT2D eigenvalue weighted by molar-refractivity contribution is 0.0702. The predicted octanol–water partition coefficient (Wildman–Crippen LogP) is 1.78. The standard InChI is InChI=1S/C13H13NO5S2/c15-8-7-9-1-3-10(4-2-9)14-21(18,19)12-6-5-11(20-12)13(16)17/h1-6,14-15H,7-8H2,(H,16,17). The second-order valence-corrected chi connectivity index (χ2v) is 7.19. The zero-order valence-corrected chi connectivity index (χ0v) is 12.4. The van der Waals surface area contributed by atoms with Gasteiger partial charge in [0, 0.05) is 12.3 Å². The van der Waals surface area contributed by atoms with E-state index in [9.17, 15) is 13.2 Å². The third kappa shape index (κ3) is 3.81. The Morgan fingerprint density at radius 2 is 1.81 bits per heavy atom. The van der Waals surface area contributed by atoms with E-state index in [2.05, 4.69) is 4.72 Å². The number of rotatable bonds is 6. The maximum absolute atomic E-state index is 12.1. The fourth-order valence-electron chi connectivity index (χ4n) is 1.65. The molecule has 2 aromatic rings. The van der Waals surface area contributed by atoms with Gasteiger partial charge in [-0.1, -0.05) is 12.1 Å². The quantitative estimate of drug-likeness (QED) is 0.750. The molecule has 0 saturated carbocycles. The van der Waals surface area contributed by atoms with E-state index in [1.807, 2.05) is 0 Å². The van der Waals surface area contributed by atoms with Crippen molar-refractivity contribution in [2.75, 3.05) is 11.3 Å². The zero-order valence-electron chi connectivity index (χ0n) is 10.8.